The van der Waals surface area contributed by atoms with Crippen LogP contribution in [0.1, 0.15) is 5.56 Å². The topological polar surface area (TPSA) is 78.1 Å². The number of rotatable bonds is 3. The van der Waals surface area contributed by atoms with E-state index < -0.39 is 15.7 Å². The van der Waals surface area contributed by atoms with Gasteiger partial charge in [-0.1, -0.05) is 12.1 Å². The number of fused-ring (bicyclic) bond motifs is 1. The third-order valence-corrected chi connectivity index (χ3v) is 6.49. The van der Waals surface area contributed by atoms with Crippen LogP contribution in [0, 0.1) is 12.7 Å². The van der Waals surface area contributed by atoms with Gasteiger partial charge in [0.25, 0.3) is 0 Å². The highest BCUT2D eigenvalue weighted by molar-refractivity contribution is 7.91. The van der Waals surface area contributed by atoms with Crippen molar-refractivity contribution in [3.05, 3.63) is 48.0 Å². The number of nitrogens with one attached hydrogen (secondary N) is 2. The maximum absolute atomic E-state index is 14.1. The number of sulfone groups is 1. The first kappa shape index (κ1) is 17.0. The minimum Gasteiger partial charge on any atom is -0.357 e. The van der Waals surface area contributed by atoms with E-state index in [-0.39, 0.29) is 9.79 Å². The zero-order chi connectivity index (χ0) is 18.3. The highest BCUT2D eigenvalue weighted by atomic mass is 32.2. The fourth-order valence-electron chi connectivity index (χ4n) is 3.37. The van der Waals surface area contributed by atoms with Gasteiger partial charge in [0.05, 0.1) is 10.4 Å². The predicted octanol–water partition coefficient (Wildman–Crippen LogP) is 2.25. The number of nitrogens with zero attached hydrogens (tertiary/aromatic N) is 2. The maximum Gasteiger partial charge on any atom is 0.211 e. The molecule has 2 aromatic heterocycles. The van der Waals surface area contributed by atoms with Crippen LogP contribution in [0.3, 0.4) is 0 Å². The quantitative estimate of drug-likeness (QED) is 0.735. The molecule has 0 radical (unpaired) electrons. The van der Waals surface area contributed by atoms with Gasteiger partial charge in [0.2, 0.25) is 9.84 Å². The Kier molecular flexibility index (Phi) is 4.16. The predicted molar refractivity (Wildman–Crippen MR) is 97.8 cm³/mol. The third kappa shape index (κ3) is 2.65. The summed E-state index contributed by atoms with van der Waals surface area (Å²) in [5.41, 5.74) is 1.40. The van der Waals surface area contributed by atoms with E-state index in [4.69, 9.17) is 0 Å². The van der Waals surface area contributed by atoms with Crippen molar-refractivity contribution >= 4 is 26.6 Å². The molecule has 2 N–H and O–H groups in total. The second-order valence-corrected chi connectivity index (χ2v) is 8.23. The van der Waals surface area contributed by atoms with Gasteiger partial charge < -0.3 is 15.2 Å². The zero-order valence-electron chi connectivity index (χ0n) is 14.3. The van der Waals surface area contributed by atoms with Gasteiger partial charge in [-0.05, 0) is 24.6 Å². The van der Waals surface area contributed by atoms with Gasteiger partial charge in [-0.2, -0.15) is 0 Å². The molecule has 1 aliphatic heterocycles. The largest absolute Gasteiger partial charge is 0.357 e. The fraction of sp³-hybridized carbons (Fsp3) is 0.278. The first-order chi connectivity index (χ1) is 12.5. The lowest BCUT2D eigenvalue weighted by Crippen LogP contribution is -2.44. The molecule has 8 heteroatoms. The Morgan fingerprint density at radius 1 is 1.15 bits per heavy atom. The Labute approximate surface area is 151 Å². The van der Waals surface area contributed by atoms with Crippen LogP contribution in [0.4, 0.5) is 10.2 Å². The van der Waals surface area contributed by atoms with Gasteiger partial charge in [-0.3, -0.25) is 0 Å². The lowest BCUT2D eigenvalue weighted by molar-refractivity contribution is 0.567. The monoisotopic (exact) mass is 374 g/mol. The van der Waals surface area contributed by atoms with Crippen molar-refractivity contribution in [3.63, 3.8) is 0 Å². The molecule has 1 aromatic carbocycles. The average Bonchev–Trinajstić information content (AvgIpc) is 3.10. The SMILES string of the molecule is Cc1cnc(N2CCNCC2)c2[nH]cc(S(=O)(=O)c3ccccc3F)c12. The molecule has 0 atom stereocenters. The molecular weight excluding hydrogens is 355 g/mol. The van der Waals surface area contributed by atoms with E-state index in [0.717, 1.165) is 43.6 Å². The summed E-state index contributed by atoms with van der Waals surface area (Å²) in [5.74, 6) is -0.0297. The molecule has 1 saturated heterocycles. The zero-order valence-corrected chi connectivity index (χ0v) is 15.1. The van der Waals surface area contributed by atoms with E-state index in [1.54, 1.807) is 6.20 Å². The summed E-state index contributed by atoms with van der Waals surface area (Å²) >= 11 is 0. The van der Waals surface area contributed by atoms with Crippen molar-refractivity contribution < 1.29 is 12.8 Å². The molecular formula is C18H19FN4O2S. The van der Waals surface area contributed by atoms with Crippen LogP contribution in [0.5, 0.6) is 0 Å². The minimum atomic E-state index is -3.99. The molecule has 3 aromatic rings. The summed E-state index contributed by atoms with van der Waals surface area (Å²) in [6.45, 7) is 5.08. The van der Waals surface area contributed by atoms with E-state index in [0.29, 0.717) is 10.9 Å². The van der Waals surface area contributed by atoms with Crippen LogP contribution in [-0.2, 0) is 9.84 Å². The Morgan fingerprint density at radius 2 is 1.88 bits per heavy atom. The van der Waals surface area contributed by atoms with Gasteiger partial charge >= 0.3 is 0 Å². The third-order valence-electron chi connectivity index (χ3n) is 4.67. The van der Waals surface area contributed by atoms with E-state index in [1.807, 2.05) is 6.92 Å². The second kappa shape index (κ2) is 6.37. The van der Waals surface area contributed by atoms with Crippen LogP contribution in [0.15, 0.2) is 46.5 Å². The molecule has 0 amide bonds. The molecule has 4 rings (SSSR count). The first-order valence-electron chi connectivity index (χ1n) is 8.42. The number of hydrogen-bond acceptors (Lipinski definition) is 5. The van der Waals surface area contributed by atoms with E-state index in [9.17, 15) is 12.8 Å². The van der Waals surface area contributed by atoms with Gasteiger partial charge in [0, 0.05) is 44.0 Å². The standard InChI is InChI=1S/C18H19FN4O2S/c1-12-10-22-18(23-8-6-20-7-9-23)17-16(12)15(11-21-17)26(24,25)14-5-3-2-4-13(14)19/h2-5,10-11,20-21H,6-9H2,1H3. The van der Waals surface area contributed by atoms with E-state index >= 15 is 0 Å². The highest BCUT2D eigenvalue weighted by Crippen LogP contribution is 2.35. The molecule has 26 heavy (non-hydrogen) atoms. The smallest absolute Gasteiger partial charge is 0.211 e. The molecule has 0 aliphatic carbocycles. The minimum absolute atomic E-state index is 0.0777. The van der Waals surface area contributed by atoms with Crippen molar-refractivity contribution in [2.75, 3.05) is 31.1 Å². The maximum atomic E-state index is 14.1. The Morgan fingerprint density at radius 3 is 2.62 bits per heavy atom. The molecule has 136 valence electrons. The molecule has 6 nitrogen and oxygen atoms in total. The number of aromatic amines is 1. The van der Waals surface area contributed by atoms with Crippen molar-refractivity contribution in [2.24, 2.45) is 0 Å². The molecule has 3 heterocycles. The second-order valence-electron chi connectivity index (χ2n) is 6.34. The normalized spacial score (nSPS) is 15.5. The van der Waals surface area contributed by atoms with Crippen molar-refractivity contribution in [1.82, 2.24) is 15.3 Å². The van der Waals surface area contributed by atoms with Gasteiger partial charge in [-0.15, -0.1) is 0 Å². The first-order valence-corrected chi connectivity index (χ1v) is 9.90. The molecule has 0 saturated carbocycles. The summed E-state index contributed by atoms with van der Waals surface area (Å²) in [7, 11) is -3.99. The fourth-order valence-corrected chi connectivity index (χ4v) is 4.93. The summed E-state index contributed by atoms with van der Waals surface area (Å²) in [6, 6.07) is 5.44. The lowest BCUT2D eigenvalue weighted by Gasteiger charge is -2.28. The highest BCUT2D eigenvalue weighted by Gasteiger charge is 2.27. The van der Waals surface area contributed by atoms with Crippen molar-refractivity contribution in [3.8, 4) is 0 Å². The van der Waals surface area contributed by atoms with Crippen LogP contribution in [-0.4, -0.2) is 44.6 Å². The van der Waals surface area contributed by atoms with Crippen molar-refractivity contribution in [1.29, 1.82) is 0 Å². The molecule has 1 fully saturated rings. The number of hydrogen-bond donors (Lipinski definition) is 2. The molecule has 0 bridgehead atoms. The van der Waals surface area contributed by atoms with Crippen molar-refractivity contribution in [2.45, 2.75) is 16.7 Å². The number of aromatic nitrogens is 2. The van der Waals surface area contributed by atoms with Gasteiger partial charge in [-0.25, -0.2) is 17.8 Å². The number of halogens is 1. The van der Waals surface area contributed by atoms with Crippen LogP contribution < -0.4 is 10.2 Å². The molecule has 1 aliphatic rings. The Balaban J connectivity index is 1.91. The van der Waals surface area contributed by atoms with E-state index in [1.165, 1.54) is 24.4 Å². The summed E-state index contributed by atoms with van der Waals surface area (Å²) in [4.78, 5) is 9.46. The number of benzene rings is 1. The molecule has 0 unspecified atom stereocenters. The van der Waals surface area contributed by atoms with Crippen LogP contribution in [0.25, 0.3) is 10.9 Å². The molecule has 0 spiro atoms. The number of piperazine rings is 1. The number of anilines is 1. The van der Waals surface area contributed by atoms with Gasteiger partial charge in [0.1, 0.15) is 10.7 Å². The average molecular weight is 374 g/mol. The Hall–Kier alpha value is -2.45. The number of aryl methyl sites for hydroxylation is 1. The lowest BCUT2D eigenvalue weighted by atomic mass is 10.2. The number of H-pyrrole nitrogens is 1. The number of pyridine rings is 1. The summed E-state index contributed by atoms with van der Waals surface area (Å²) in [6.07, 6.45) is 3.11. The summed E-state index contributed by atoms with van der Waals surface area (Å²) in [5, 5.41) is 3.85. The van der Waals surface area contributed by atoms with Gasteiger partial charge in [0.15, 0.2) is 5.82 Å². The van der Waals surface area contributed by atoms with E-state index in [2.05, 4.69) is 20.2 Å². The van der Waals surface area contributed by atoms with Crippen LogP contribution in [0.2, 0.25) is 0 Å². The Bertz CT molecular complexity index is 1070. The van der Waals surface area contributed by atoms with Crippen LogP contribution >= 0.6 is 0 Å². The summed E-state index contributed by atoms with van der Waals surface area (Å²) < 4.78 is 40.3.